The minimum absolute atomic E-state index is 0.0707. The van der Waals surface area contributed by atoms with Crippen molar-refractivity contribution in [3.63, 3.8) is 0 Å². The number of likely N-dealkylation sites (tertiary alicyclic amines) is 1. The van der Waals surface area contributed by atoms with Crippen LogP contribution in [0.25, 0.3) is 0 Å². The van der Waals surface area contributed by atoms with E-state index in [1.807, 2.05) is 0 Å². The second-order valence-corrected chi connectivity index (χ2v) is 5.28. The average molecular weight is 277 g/mol. The molecule has 1 aromatic heterocycles. The molecule has 1 saturated heterocycles. The van der Waals surface area contributed by atoms with Crippen LogP contribution < -0.4 is 5.32 Å². The van der Waals surface area contributed by atoms with Crippen LogP contribution in [0.4, 0.5) is 4.39 Å². The van der Waals surface area contributed by atoms with Gasteiger partial charge in [-0.3, -0.25) is 9.59 Å². The number of aromatic nitrogens is 1. The Morgan fingerprint density at radius 1 is 1.35 bits per heavy atom. The van der Waals surface area contributed by atoms with Crippen molar-refractivity contribution in [2.75, 3.05) is 6.54 Å². The fraction of sp³-hybridized carbons (Fsp3) is 0.500. The van der Waals surface area contributed by atoms with Gasteiger partial charge in [0, 0.05) is 18.8 Å². The van der Waals surface area contributed by atoms with Crippen molar-refractivity contribution in [1.29, 1.82) is 0 Å². The van der Waals surface area contributed by atoms with Crippen molar-refractivity contribution in [3.8, 4) is 0 Å². The van der Waals surface area contributed by atoms with Gasteiger partial charge in [0.05, 0.1) is 5.56 Å². The smallest absolute Gasteiger partial charge is 0.259 e. The molecule has 1 atom stereocenters. The predicted octanol–water partition coefficient (Wildman–Crippen LogP) is 1.10. The minimum atomic E-state index is -0.786. The Hall–Kier alpha value is -1.98. The SMILES string of the molecule is O=C(NC1CC1)C1CCCN1C(=O)c1cccnc1F. The van der Waals surface area contributed by atoms with Crippen molar-refractivity contribution in [2.24, 2.45) is 0 Å². The second kappa shape index (κ2) is 5.19. The van der Waals surface area contributed by atoms with Crippen molar-refractivity contribution in [3.05, 3.63) is 29.8 Å². The summed E-state index contributed by atoms with van der Waals surface area (Å²) in [4.78, 5) is 29.4. The van der Waals surface area contributed by atoms with Crippen LogP contribution in [-0.4, -0.2) is 40.3 Å². The van der Waals surface area contributed by atoms with Crippen molar-refractivity contribution < 1.29 is 14.0 Å². The Morgan fingerprint density at radius 2 is 2.15 bits per heavy atom. The molecule has 1 aliphatic heterocycles. The van der Waals surface area contributed by atoms with Crippen LogP contribution in [0.15, 0.2) is 18.3 Å². The Morgan fingerprint density at radius 3 is 2.85 bits per heavy atom. The number of pyridine rings is 1. The molecular weight excluding hydrogens is 261 g/mol. The van der Waals surface area contributed by atoms with Gasteiger partial charge in [-0.1, -0.05) is 0 Å². The molecule has 0 spiro atoms. The van der Waals surface area contributed by atoms with Gasteiger partial charge in [0.25, 0.3) is 5.91 Å². The van der Waals surface area contributed by atoms with Gasteiger partial charge in [0.15, 0.2) is 0 Å². The Balaban J connectivity index is 1.76. The zero-order valence-corrected chi connectivity index (χ0v) is 11.0. The number of hydrogen-bond acceptors (Lipinski definition) is 3. The molecule has 106 valence electrons. The molecule has 2 aliphatic rings. The molecule has 0 radical (unpaired) electrons. The third-order valence-corrected chi connectivity index (χ3v) is 3.73. The number of halogens is 1. The minimum Gasteiger partial charge on any atom is -0.352 e. The van der Waals surface area contributed by atoms with Crippen molar-refractivity contribution in [2.45, 2.75) is 37.8 Å². The number of amides is 2. The third kappa shape index (κ3) is 2.50. The normalized spacial score (nSPS) is 21.9. The van der Waals surface area contributed by atoms with E-state index >= 15 is 0 Å². The van der Waals surface area contributed by atoms with E-state index in [1.54, 1.807) is 0 Å². The number of carbonyl (C=O) groups is 2. The molecule has 0 aromatic carbocycles. The summed E-state index contributed by atoms with van der Waals surface area (Å²) in [6, 6.07) is 2.70. The lowest BCUT2D eigenvalue weighted by Gasteiger charge is -2.24. The fourth-order valence-corrected chi connectivity index (χ4v) is 2.51. The van der Waals surface area contributed by atoms with Gasteiger partial charge in [-0.05, 0) is 37.8 Å². The monoisotopic (exact) mass is 277 g/mol. The van der Waals surface area contributed by atoms with E-state index in [1.165, 1.54) is 23.2 Å². The van der Waals surface area contributed by atoms with Gasteiger partial charge in [-0.15, -0.1) is 0 Å². The highest BCUT2D eigenvalue weighted by Crippen LogP contribution is 2.24. The van der Waals surface area contributed by atoms with E-state index < -0.39 is 17.9 Å². The summed E-state index contributed by atoms with van der Waals surface area (Å²) < 4.78 is 13.6. The summed E-state index contributed by atoms with van der Waals surface area (Å²) in [5.41, 5.74) is -0.0707. The second-order valence-electron chi connectivity index (χ2n) is 5.28. The first-order valence-corrected chi connectivity index (χ1v) is 6.88. The summed E-state index contributed by atoms with van der Waals surface area (Å²) in [7, 11) is 0. The Labute approximate surface area is 116 Å². The topological polar surface area (TPSA) is 62.3 Å². The van der Waals surface area contributed by atoms with E-state index in [0.29, 0.717) is 13.0 Å². The zero-order valence-electron chi connectivity index (χ0n) is 11.0. The van der Waals surface area contributed by atoms with Crippen LogP contribution in [0, 0.1) is 5.95 Å². The van der Waals surface area contributed by atoms with Crippen molar-refractivity contribution in [1.82, 2.24) is 15.2 Å². The quantitative estimate of drug-likeness (QED) is 0.842. The maximum Gasteiger partial charge on any atom is 0.259 e. The fourth-order valence-electron chi connectivity index (χ4n) is 2.51. The van der Waals surface area contributed by atoms with Crippen LogP contribution in [0.3, 0.4) is 0 Å². The summed E-state index contributed by atoms with van der Waals surface area (Å²) in [6.07, 6.45) is 4.70. The number of nitrogens with one attached hydrogen (secondary N) is 1. The number of hydrogen-bond donors (Lipinski definition) is 1. The number of nitrogens with zero attached hydrogens (tertiary/aromatic N) is 2. The van der Waals surface area contributed by atoms with E-state index in [4.69, 9.17) is 0 Å². The molecule has 5 nitrogen and oxygen atoms in total. The highest BCUT2D eigenvalue weighted by atomic mass is 19.1. The molecule has 2 fully saturated rings. The largest absolute Gasteiger partial charge is 0.352 e. The van der Waals surface area contributed by atoms with Crippen LogP contribution in [0.1, 0.15) is 36.0 Å². The van der Waals surface area contributed by atoms with Gasteiger partial charge in [0.2, 0.25) is 11.9 Å². The summed E-state index contributed by atoms with van der Waals surface area (Å²) in [5, 5.41) is 2.90. The third-order valence-electron chi connectivity index (χ3n) is 3.73. The molecular formula is C14H16FN3O2. The lowest BCUT2D eigenvalue weighted by molar-refractivity contribution is -0.125. The van der Waals surface area contributed by atoms with E-state index in [2.05, 4.69) is 10.3 Å². The van der Waals surface area contributed by atoms with Crippen LogP contribution in [-0.2, 0) is 4.79 Å². The lowest BCUT2D eigenvalue weighted by atomic mass is 10.2. The van der Waals surface area contributed by atoms with Gasteiger partial charge in [-0.2, -0.15) is 4.39 Å². The molecule has 6 heteroatoms. The van der Waals surface area contributed by atoms with Crippen molar-refractivity contribution >= 4 is 11.8 Å². The standard InChI is InChI=1S/C14H16FN3O2/c15-12-10(3-1-7-16-12)14(20)18-8-2-4-11(18)13(19)17-9-5-6-9/h1,3,7,9,11H,2,4-6,8H2,(H,17,19). The lowest BCUT2D eigenvalue weighted by Crippen LogP contribution is -2.46. The molecule has 1 aliphatic carbocycles. The van der Waals surface area contributed by atoms with Gasteiger partial charge < -0.3 is 10.2 Å². The predicted molar refractivity (Wildman–Crippen MR) is 69.4 cm³/mol. The first-order valence-electron chi connectivity index (χ1n) is 6.88. The number of rotatable bonds is 3. The van der Waals surface area contributed by atoms with Crippen LogP contribution >= 0.6 is 0 Å². The summed E-state index contributed by atoms with van der Waals surface area (Å²) in [6.45, 7) is 0.482. The zero-order chi connectivity index (χ0) is 14.1. The average Bonchev–Trinajstić information content (AvgIpc) is 3.11. The van der Waals surface area contributed by atoms with E-state index in [9.17, 15) is 14.0 Å². The Kier molecular flexibility index (Phi) is 3.38. The van der Waals surface area contributed by atoms with E-state index in [0.717, 1.165) is 19.3 Å². The summed E-state index contributed by atoms with van der Waals surface area (Å²) in [5.74, 6) is -1.36. The molecule has 2 amide bonds. The van der Waals surface area contributed by atoms with Crippen LogP contribution in [0.2, 0.25) is 0 Å². The highest BCUT2D eigenvalue weighted by Gasteiger charge is 2.37. The van der Waals surface area contributed by atoms with Crippen LogP contribution in [0.5, 0.6) is 0 Å². The Bertz CT molecular complexity index is 545. The maximum absolute atomic E-state index is 13.6. The van der Waals surface area contributed by atoms with Gasteiger partial charge >= 0.3 is 0 Å². The molecule has 20 heavy (non-hydrogen) atoms. The first kappa shape index (κ1) is 13.0. The molecule has 3 rings (SSSR count). The van der Waals surface area contributed by atoms with E-state index in [-0.39, 0.29) is 17.5 Å². The number of carbonyl (C=O) groups excluding carboxylic acids is 2. The molecule has 2 heterocycles. The molecule has 1 saturated carbocycles. The molecule has 0 bridgehead atoms. The molecule has 1 N–H and O–H groups in total. The van der Waals surface area contributed by atoms with Gasteiger partial charge in [-0.25, -0.2) is 4.98 Å². The molecule has 1 unspecified atom stereocenters. The summed E-state index contributed by atoms with van der Waals surface area (Å²) >= 11 is 0. The highest BCUT2D eigenvalue weighted by molar-refractivity contribution is 5.98. The first-order chi connectivity index (χ1) is 9.66. The molecule has 1 aromatic rings. The van der Waals surface area contributed by atoms with Gasteiger partial charge in [0.1, 0.15) is 6.04 Å². The maximum atomic E-state index is 13.6.